The van der Waals surface area contributed by atoms with Crippen LogP contribution in [-0.2, 0) is 6.42 Å². The number of hydrogen-bond acceptors (Lipinski definition) is 5. The minimum absolute atomic E-state index is 0.529. The van der Waals surface area contributed by atoms with Crippen LogP contribution >= 0.6 is 0 Å². The van der Waals surface area contributed by atoms with Gasteiger partial charge in [-0.15, -0.1) is 0 Å². The number of aryl methyl sites for hydroxylation is 2. The second-order valence-electron chi connectivity index (χ2n) is 5.68. The van der Waals surface area contributed by atoms with Crippen molar-refractivity contribution in [2.45, 2.75) is 20.3 Å². The highest BCUT2D eigenvalue weighted by Gasteiger charge is 2.08. The van der Waals surface area contributed by atoms with Gasteiger partial charge in [0.1, 0.15) is 11.6 Å². The zero-order chi connectivity index (χ0) is 17.6. The lowest BCUT2D eigenvalue weighted by Gasteiger charge is -2.13. The van der Waals surface area contributed by atoms with E-state index in [1.165, 1.54) is 5.56 Å². The summed E-state index contributed by atoms with van der Waals surface area (Å²) < 4.78 is 5.37. The number of nitrogens with zero attached hydrogens (tertiary/aromatic N) is 2. The molecule has 0 spiro atoms. The molecule has 128 valence electrons. The molecular formula is C20H22N4O. The number of benzene rings is 2. The predicted octanol–water partition coefficient (Wildman–Crippen LogP) is 4.84. The summed E-state index contributed by atoms with van der Waals surface area (Å²) in [5, 5.41) is 6.63. The van der Waals surface area contributed by atoms with Crippen LogP contribution in [0.25, 0.3) is 0 Å². The van der Waals surface area contributed by atoms with Crippen LogP contribution < -0.4 is 15.4 Å². The van der Waals surface area contributed by atoms with E-state index < -0.39 is 0 Å². The number of anilines is 4. The Balaban J connectivity index is 1.88. The van der Waals surface area contributed by atoms with Crippen molar-refractivity contribution in [2.75, 3.05) is 17.7 Å². The van der Waals surface area contributed by atoms with Crippen molar-refractivity contribution in [2.24, 2.45) is 0 Å². The fourth-order valence-electron chi connectivity index (χ4n) is 2.65. The molecule has 0 unspecified atom stereocenters. The minimum Gasteiger partial charge on any atom is -0.495 e. The molecule has 0 radical (unpaired) electrons. The monoisotopic (exact) mass is 334 g/mol. The van der Waals surface area contributed by atoms with Gasteiger partial charge in [-0.1, -0.05) is 37.3 Å². The Hall–Kier alpha value is -3.08. The zero-order valence-electron chi connectivity index (χ0n) is 14.7. The Labute approximate surface area is 148 Å². The van der Waals surface area contributed by atoms with Crippen LogP contribution in [0.5, 0.6) is 5.75 Å². The quantitative estimate of drug-likeness (QED) is 0.675. The summed E-state index contributed by atoms with van der Waals surface area (Å²) in [7, 11) is 1.65. The van der Waals surface area contributed by atoms with E-state index in [0.717, 1.165) is 35.1 Å². The van der Waals surface area contributed by atoms with Crippen LogP contribution in [0.4, 0.5) is 23.1 Å². The molecule has 0 saturated heterocycles. The van der Waals surface area contributed by atoms with Gasteiger partial charge in [-0.05, 0) is 37.1 Å². The molecule has 5 heteroatoms. The number of para-hydroxylation sites is 3. The molecule has 0 atom stereocenters. The van der Waals surface area contributed by atoms with E-state index in [4.69, 9.17) is 4.74 Å². The molecule has 1 heterocycles. The maximum atomic E-state index is 5.37. The van der Waals surface area contributed by atoms with Crippen molar-refractivity contribution in [3.63, 3.8) is 0 Å². The van der Waals surface area contributed by atoms with Gasteiger partial charge in [0, 0.05) is 17.4 Å². The summed E-state index contributed by atoms with van der Waals surface area (Å²) in [6.07, 6.45) is 0.958. The maximum absolute atomic E-state index is 5.37. The molecule has 2 aromatic carbocycles. The minimum atomic E-state index is 0.529. The third-order valence-corrected chi connectivity index (χ3v) is 3.87. The van der Waals surface area contributed by atoms with Gasteiger partial charge in [0.15, 0.2) is 0 Å². The summed E-state index contributed by atoms with van der Waals surface area (Å²) in [6, 6.07) is 17.9. The van der Waals surface area contributed by atoms with Gasteiger partial charge in [0.05, 0.1) is 12.8 Å². The zero-order valence-corrected chi connectivity index (χ0v) is 14.7. The molecular weight excluding hydrogens is 312 g/mol. The molecule has 1 aromatic heterocycles. The summed E-state index contributed by atoms with van der Waals surface area (Å²) in [6.45, 7) is 4.09. The predicted molar refractivity (Wildman–Crippen MR) is 102 cm³/mol. The average Bonchev–Trinajstić information content (AvgIpc) is 2.62. The van der Waals surface area contributed by atoms with Crippen LogP contribution in [0.15, 0.2) is 54.6 Å². The van der Waals surface area contributed by atoms with Crippen molar-refractivity contribution in [3.05, 3.63) is 65.9 Å². The highest BCUT2D eigenvalue weighted by Crippen LogP contribution is 2.27. The van der Waals surface area contributed by atoms with Crippen molar-refractivity contribution >= 4 is 23.1 Å². The van der Waals surface area contributed by atoms with E-state index in [-0.39, 0.29) is 0 Å². The van der Waals surface area contributed by atoms with Crippen molar-refractivity contribution < 1.29 is 4.74 Å². The number of methoxy groups -OCH3 is 1. The molecule has 0 saturated carbocycles. The second-order valence-corrected chi connectivity index (χ2v) is 5.68. The maximum Gasteiger partial charge on any atom is 0.229 e. The van der Waals surface area contributed by atoms with E-state index in [9.17, 15) is 0 Å². The molecule has 2 N–H and O–H groups in total. The van der Waals surface area contributed by atoms with Gasteiger partial charge < -0.3 is 15.4 Å². The van der Waals surface area contributed by atoms with Gasteiger partial charge in [0.25, 0.3) is 0 Å². The van der Waals surface area contributed by atoms with Gasteiger partial charge in [0.2, 0.25) is 5.95 Å². The Morgan fingerprint density at radius 2 is 1.64 bits per heavy atom. The molecule has 0 fully saturated rings. The Morgan fingerprint density at radius 1 is 0.920 bits per heavy atom. The topological polar surface area (TPSA) is 59.1 Å². The lowest BCUT2D eigenvalue weighted by molar-refractivity contribution is 0.417. The van der Waals surface area contributed by atoms with Crippen LogP contribution in [0.2, 0.25) is 0 Å². The van der Waals surface area contributed by atoms with Gasteiger partial charge in [-0.25, -0.2) is 4.98 Å². The molecule has 0 bridgehead atoms. The number of rotatable bonds is 6. The first-order valence-electron chi connectivity index (χ1n) is 8.30. The summed E-state index contributed by atoms with van der Waals surface area (Å²) >= 11 is 0. The van der Waals surface area contributed by atoms with E-state index in [1.807, 2.05) is 49.4 Å². The summed E-state index contributed by atoms with van der Waals surface area (Å²) in [4.78, 5) is 9.06. The highest BCUT2D eigenvalue weighted by molar-refractivity contribution is 5.65. The van der Waals surface area contributed by atoms with Gasteiger partial charge >= 0.3 is 0 Å². The third-order valence-electron chi connectivity index (χ3n) is 3.87. The lowest BCUT2D eigenvalue weighted by atomic mass is 10.1. The number of nitrogens with one attached hydrogen (secondary N) is 2. The van der Waals surface area contributed by atoms with E-state index in [2.05, 4.69) is 39.7 Å². The molecule has 0 amide bonds. The molecule has 0 aliphatic carbocycles. The summed E-state index contributed by atoms with van der Waals surface area (Å²) in [5.74, 6) is 2.03. The van der Waals surface area contributed by atoms with E-state index in [1.54, 1.807) is 7.11 Å². The molecule has 3 rings (SSSR count). The Bertz CT molecular complexity index is 796. The molecule has 0 aliphatic rings. The highest BCUT2D eigenvalue weighted by atomic mass is 16.5. The number of ether oxygens (including phenoxy) is 1. The van der Waals surface area contributed by atoms with Crippen LogP contribution in [0, 0.1) is 6.92 Å². The fraction of sp³-hybridized carbons (Fsp3) is 0.200. The molecule has 0 aliphatic heterocycles. The first-order chi connectivity index (χ1) is 12.2. The number of hydrogen-bond donors (Lipinski definition) is 2. The largest absolute Gasteiger partial charge is 0.495 e. The van der Waals surface area contributed by atoms with E-state index in [0.29, 0.717) is 5.95 Å². The average molecular weight is 334 g/mol. The first-order valence-corrected chi connectivity index (χ1v) is 8.30. The van der Waals surface area contributed by atoms with Crippen molar-refractivity contribution in [1.82, 2.24) is 9.97 Å². The fourth-order valence-corrected chi connectivity index (χ4v) is 2.65. The van der Waals surface area contributed by atoms with Crippen molar-refractivity contribution in [1.29, 1.82) is 0 Å². The Morgan fingerprint density at radius 3 is 2.40 bits per heavy atom. The van der Waals surface area contributed by atoms with Crippen LogP contribution in [0.3, 0.4) is 0 Å². The molecule has 3 aromatic rings. The van der Waals surface area contributed by atoms with Crippen LogP contribution in [-0.4, -0.2) is 17.1 Å². The standard InChI is InChI=1S/C20H22N4O/c1-4-15-9-5-6-10-16(15)22-19-13-14(2)21-20(24-19)23-17-11-7-8-12-18(17)25-3/h5-13H,4H2,1-3H3,(H2,21,22,23,24). The molecule has 5 nitrogen and oxygen atoms in total. The molecule has 25 heavy (non-hydrogen) atoms. The lowest BCUT2D eigenvalue weighted by Crippen LogP contribution is -2.04. The van der Waals surface area contributed by atoms with Crippen LogP contribution in [0.1, 0.15) is 18.2 Å². The summed E-state index contributed by atoms with van der Waals surface area (Å²) in [5.41, 5.74) is 4.02. The van der Waals surface area contributed by atoms with Gasteiger partial charge in [-0.3, -0.25) is 0 Å². The normalized spacial score (nSPS) is 10.4. The third kappa shape index (κ3) is 4.07. The number of aromatic nitrogens is 2. The first kappa shape index (κ1) is 16.8. The Kier molecular flexibility index (Phi) is 5.14. The SMILES string of the molecule is CCc1ccccc1Nc1cc(C)nc(Nc2ccccc2OC)n1. The van der Waals surface area contributed by atoms with Gasteiger partial charge in [-0.2, -0.15) is 4.98 Å². The van der Waals surface area contributed by atoms with E-state index >= 15 is 0 Å². The second kappa shape index (κ2) is 7.66. The van der Waals surface area contributed by atoms with Crippen molar-refractivity contribution in [3.8, 4) is 5.75 Å². The smallest absolute Gasteiger partial charge is 0.229 e.